The van der Waals surface area contributed by atoms with Crippen molar-refractivity contribution >= 4 is 17.7 Å². The van der Waals surface area contributed by atoms with Crippen LogP contribution in [0.3, 0.4) is 0 Å². The molecule has 1 aromatic carbocycles. The highest BCUT2D eigenvalue weighted by atomic mass is 32.2. The van der Waals surface area contributed by atoms with E-state index >= 15 is 0 Å². The molecule has 18 heavy (non-hydrogen) atoms. The van der Waals surface area contributed by atoms with Crippen LogP contribution in [0.15, 0.2) is 24.3 Å². The highest BCUT2D eigenvalue weighted by Crippen LogP contribution is 2.51. The summed E-state index contributed by atoms with van der Waals surface area (Å²) in [7, 11) is 0. The molecule has 1 saturated heterocycles. The lowest BCUT2D eigenvalue weighted by Gasteiger charge is -2.22. The van der Waals surface area contributed by atoms with Gasteiger partial charge in [-0.25, -0.2) is 0 Å². The number of hydrogen-bond acceptors (Lipinski definition) is 3. The van der Waals surface area contributed by atoms with Crippen LogP contribution in [0.5, 0.6) is 0 Å². The largest absolute Gasteiger partial charge is 0.299 e. The number of carbonyl (C=O) groups is 1. The lowest BCUT2D eigenvalue weighted by Crippen LogP contribution is -2.26. The third-order valence-electron chi connectivity index (χ3n) is 4.02. The summed E-state index contributed by atoms with van der Waals surface area (Å²) in [6.45, 7) is 3.85. The fraction of sp³-hybridized carbons (Fsp3) is 0.533. The molecule has 2 nitrogen and oxygen atoms in total. The van der Waals surface area contributed by atoms with Crippen LogP contribution < -0.4 is 4.72 Å². The molecule has 2 fully saturated rings. The summed E-state index contributed by atoms with van der Waals surface area (Å²) in [5.74, 6) is 1.54. The van der Waals surface area contributed by atoms with Gasteiger partial charge in [0.15, 0.2) is 0 Å². The Morgan fingerprint density at radius 1 is 1.39 bits per heavy atom. The van der Waals surface area contributed by atoms with Gasteiger partial charge in [0.05, 0.1) is 5.25 Å². The lowest BCUT2D eigenvalue weighted by molar-refractivity contribution is -0.117. The average Bonchev–Trinajstić information content (AvgIpc) is 3.07. The van der Waals surface area contributed by atoms with Crippen molar-refractivity contribution in [2.24, 2.45) is 11.8 Å². The van der Waals surface area contributed by atoms with Crippen LogP contribution in [0.2, 0.25) is 0 Å². The quantitative estimate of drug-likeness (QED) is 0.847. The maximum Gasteiger partial charge on any atom is 0.144 e. The SMILES string of the molecule is CC(=O)C1SNC(c2cccc(C)c2)C1C1CC1. The first-order valence-corrected chi connectivity index (χ1v) is 7.53. The molecule has 1 aliphatic heterocycles. The number of rotatable bonds is 3. The van der Waals surface area contributed by atoms with Crippen LogP contribution in [0.1, 0.15) is 36.9 Å². The highest BCUT2D eigenvalue weighted by Gasteiger charge is 2.48. The van der Waals surface area contributed by atoms with E-state index in [-0.39, 0.29) is 5.25 Å². The molecule has 0 radical (unpaired) electrons. The van der Waals surface area contributed by atoms with Gasteiger partial charge in [-0.3, -0.25) is 9.52 Å². The molecule has 1 saturated carbocycles. The topological polar surface area (TPSA) is 29.1 Å². The second kappa shape index (κ2) is 4.71. The third-order valence-corrected chi connectivity index (χ3v) is 5.31. The number of aryl methyl sites for hydroxylation is 1. The number of benzene rings is 1. The molecule has 1 heterocycles. The molecule has 3 atom stereocenters. The summed E-state index contributed by atoms with van der Waals surface area (Å²) in [4.78, 5) is 11.8. The first-order chi connectivity index (χ1) is 8.66. The summed E-state index contributed by atoms with van der Waals surface area (Å²) < 4.78 is 3.50. The Morgan fingerprint density at radius 3 is 2.78 bits per heavy atom. The Balaban J connectivity index is 1.89. The number of ketones is 1. The van der Waals surface area contributed by atoms with Crippen LogP contribution in [0.25, 0.3) is 0 Å². The molecule has 3 heteroatoms. The molecule has 1 aliphatic carbocycles. The maximum atomic E-state index is 11.8. The van der Waals surface area contributed by atoms with Gasteiger partial charge < -0.3 is 0 Å². The highest BCUT2D eigenvalue weighted by molar-refractivity contribution is 7.99. The molecule has 0 aromatic heterocycles. The normalized spacial score (nSPS) is 31.6. The zero-order chi connectivity index (χ0) is 12.7. The number of hydrogen-bond donors (Lipinski definition) is 1. The minimum Gasteiger partial charge on any atom is -0.299 e. The molecule has 1 N–H and O–H groups in total. The summed E-state index contributed by atoms with van der Waals surface area (Å²) in [6, 6.07) is 9.01. The summed E-state index contributed by atoms with van der Waals surface area (Å²) in [5.41, 5.74) is 2.63. The smallest absolute Gasteiger partial charge is 0.144 e. The van der Waals surface area contributed by atoms with Crippen molar-refractivity contribution in [2.45, 2.75) is 38.0 Å². The molecule has 96 valence electrons. The Bertz CT molecular complexity index is 469. The van der Waals surface area contributed by atoms with Gasteiger partial charge in [-0.15, -0.1) is 0 Å². The predicted octanol–water partition coefficient (Wildman–Crippen LogP) is 3.27. The molecule has 2 aliphatic rings. The van der Waals surface area contributed by atoms with Gasteiger partial charge in [-0.1, -0.05) is 41.8 Å². The second-order valence-electron chi connectivity index (χ2n) is 5.57. The van der Waals surface area contributed by atoms with Crippen LogP contribution >= 0.6 is 11.9 Å². The first-order valence-electron chi connectivity index (χ1n) is 6.65. The Hall–Kier alpha value is -0.800. The third kappa shape index (κ3) is 2.21. The first kappa shape index (κ1) is 12.2. The lowest BCUT2D eigenvalue weighted by atomic mass is 9.85. The molecule has 3 rings (SSSR count). The Labute approximate surface area is 113 Å². The minimum atomic E-state index is 0.142. The van der Waals surface area contributed by atoms with E-state index in [9.17, 15) is 4.79 Å². The van der Waals surface area contributed by atoms with Crippen molar-refractivity contribution in [3.63, 3.8) is 0 Å². The fourth-order valence-corrected chi connectivity index (χ4v) is 4.28. The van der Waals surface area contributed by atoms with Gasteiger partial charge in [0.1, 0.15) is 5.78 Å². The van der Waals surface area contributed by atoms with E-state index in [1.54, 1.807) is 18.9 Å². The van der Waals surface area contributed by atoms with E-state index in [2.05, 4.69) is 35.9 Å². The molecular weight excluding hydrogens is 242 g/mol. The molecule has 3 unspecified atom stereocenters. The van der Waals surface area contributed by atoms with E-state index in [0.29, 0.717) is 17.7 Å². The van der Waals surface area contributed by atoms with Gasteiger partial charge in [0.25, 0.3) is 0 Å². The number of carbonyl (C=O) groups excluding carboxylic acids is 1. The minimum absolute atomic E-state index is 0.142. The van der Waals surface area contributed by atoms with E-state index in [0.717, 1.165) is 5.92 Å². The van der Waals surface area contributed by atoms with Gasteiger partial charge in [-0.2, -0.15) is 0 Å². The Kier molecular flexibility index (Phi) is 3.20. The number of nitrogens with one attached hydrogen (secondary N) is 1. The van der Waals surface area contributed by atoms with Crippen LogP contribution in [-0.4, -0.2) is 11.0 Å². The summed E-state index contributed by atoms with van der Waals surface area (Å²) in [6.07, 6.45) is 2.58. The molecule has 0 bridgehead atoms. The molecule has 0 spiro atoms. The zero-order valence-electron chi connectivity index (χ0n) is 10.8. The molecule has 0 amide bonds. The summed E-state index contributed by atoms with van der Waals surface area (Å²) in [5, 5.41) is 0.142. The van der Waals surface area contributed by atoms with E-state index in [4.69, 9.17) is 0 Å². The maximum absolute atomic E-state index is 11.8. The van der Waals surface area contributed by atoms with E-state index in [1.165, 1.54) is 24.0 Å². The van der Waals surface area contributed by atoms with Crippen molar-refractivity contribution in [1.29, 1.82) is 0 Å². The second-order valence-corrected chi connectivity index (χ2v) is 6.55. The Morgan fingerprint density at radius 2 is 2.17 bits per heavy atom. The van der Waals surface area contributed by atoms with Crippen molar-refractivity contribution in [1.82, 2.24) is 4.72 Å². The number of Topliss-reactive ketones (excluding diaryl/α,β-unsaturated/α-hetero) is 1. The monoisotopic (exact) mass is 261 g/mol. The van der Waals surface area contributed by atoms with Crippen LogP contribution in [0, 0.1) is 18.8 Å². The van der Waals surface area contributed by atoms with Crippen molar-refractivity contribution in [2.75, 3.05) is 0 Å². The average molecular weight is 261 g/mol. The van der Waals surface area contributed by atoms with Crippen molar-refractivity contribution < 1.29 is 4.79 Å². The van der Waals surface area contributed by atoms with Crippen molar-refractivity contribution in [3.05, 3.63) is 35.4 Å². The summed E-state index contributed by atoms with van der Waals surface area (Å²) >= 11 is 1.64. The predicted molar refractivity (Wildman–Crippen MR) is 75.3 cm³/mol. The fourth-order valence-electron chi connectivity index (χ4n) is 2.99. The van der Waals surface area contributed by atoms with Crippen LogP contribution in [0.4, 0.5) is 0 Å². The zero-order valence-corrected chi connectivity index (χ0v) is 11.7. The standard InChI is InChI=1S/C15H19NOS/c1-9-4-3-5-12(8-9)14-13(11-6-7-11)15(10(2)17)18-16-14/h3-5,8,11,13-16H,6-7H2,1-2H3. The van der Waals surface area contributed by atoms with Gasteiger partial charge in [0, 0.05) is 12.0 Å². The molecule has 1 aromatic rings. The van der Waals surface area contributed by atoms with E-state index in [1.807, 2.05) is 0 Å². The van der Waals surface area contributed by atoms with Gasteiger partial charge >= 0.3 is 0 Å². The molecular formula is C15H19NOS. The van der Waals surface area contributed by atoms with Crippen LogP contribution in [-0.2, 0) is 4.79 Å². The van der Waals surface area contributed by atoms with Gasteiger partial charge in [0.2, 0.25) is 0 Å². The van der Waals surface area contributed by atoms with E-state index < -0.39 is 0 Å². The van der Waals surface area contributed by atoms with Crippen molar-refractivity contribution in [3.8, 4) is 0 Å². The van der Waals surface area contributed by atoms with Gasteiger partial charge in [-0.05, 0) is 38.2 Å².